The van der Waals surface area contributed by atoms with Crippen molar-refractivity contribution in [3.05, 3.63) is 5.82 Å². The lowest BCUT2D eigenvalue weighted by Crippen LogP contribution is -2.08. The van der Waals surface area contributed by atoms with Gasteiger partial charge in [-0.1, -0.05) is 18.7 Å². The van der Waals surface area contributed by atoms with Crippen LogP contribution in [0.2, 0.25) is 0 Å². The zero-order valence-electron chi connectivity index (χ0n) is 12.6. The Morgan fingerprint density at radius 1 is 1.29 bits per heavy atom. The van der Waals surface area contributed by atoms with Crippen molar-refractivity contribution in [1.29, 1.82) is 0 Å². The number of aromatic nitrogens is 3. The summed E-state index contributed by atoms with van der Waals surface area (Å²) in [5.74, 6) is 0.0458. The summed E-state index contributed by atoms with van der Waals surface area (Å²) in [6.07, 6.45) is 2.66. The second-order valence-electron chi connectivity index (χ2n) is 4.40. The van der Waals surface area contributed by atoms with Gasteiger partial charge in [0.1, 0.15) is 5.82 Å². The van der Waals surface area contributed by atoms with Crippen molar-refractivity contribution < 1.29 is 19.4 Å². The molecule has 0 saturated heterocycles. The van der Waals surface area contributed by atoms with Crippen LogP contribution in [0.4, 0.5) is 0 Å². The number of aliphatic carboxylic acids is 1. The highest BCUT2D eigenvalue weighted by atomic mass is 32.2. The Labute approximate surface area is 129 Å². The van der Waals surface area contributed by atoms with Gasteiger partial charge in [0.25, 0.3) is 0 Å². The zero-order chi connectivity index (χ0) is 15.5. The number of ether oxygens (including phenoxy) is 2. The number of nitrogens with zero attached hydrogens (tertiary/aromatic N) is 3. The molecule has 1 rings (SSSR count). The molecule has 1 heterocycles. The molecule has 0 aliphatic heterocycles. The fourth-order valence-electron chi connectivity index (χ4n) is 1.76. The molecule has 0 atom stereocenters. The quantitative estimate of drug-likeness (QED) is 0.461. The summed E-state index contributed by atoms with van der Waals surface area (Å²) in [5.41, 5.74) is 0. The van der Waals surface area contributed by atoms with Crippen molar-refractivity contribution in [2.75, 3.05) is 32.7 Å². The predicted octanol–water partition coefficient (Wildman–Crippen LogP) is 1.46. The van der Waals surface area contributed by atoms with Crippen molar-refractivity contribution in [2.45, 2.75) is 37.9 Å². The first kappa shape index (κ1) is 17.9. The first-order valence-electron chi connectivity index (χ1n) is 7.02. The van der Waals surface area contributed by atoms with Crippen molar-refractivity contribution in [2.24, 2.45) is 0 Å². The highest BCUT2D eigenvalue weighted by Gasteiger charge is 2.12. The van der Waals surface area contributed by atoms with Crippen molar-refractivity contribution in [3.63, 3.8) is 0 Å². The van der Waals surface area contributed by atoms with Gasteiger partial charge in [-0.05, 0) is 12.8 Å². The number of carboxylic acid groups (broad SMARTS) is 1. The second-order valence-corrected chi connectivity index (χ2v) is 5.34. The first-order chi connectivity index (χ1) is 10.2. The number of carbonyl (C=O) groups is 1. The summed E-state index contributed by atoms with van der Waals surface area (Å²) in [5, 5.41) is 17.6. The summed E-state index contributed by atoms with van der Waals surface area (Å²) in [4.78, 5) is 10.6. The van der Waals surface area contributed by atoms with Gasteiger partial charge in [-0.2, -0.15) is 0 Å². The summed E-state index contributed by atoms with van der Waals surface area (Å²) < 4.78 is 12.3. The van der Waals surface area contributed by atoms with E-state index in [4.69, 9.17) is 14.6 Å². The molecule has 1 N–H and O–H groups in total. The third-order valence-corrected chi connectivity index (χ3v) is 3.74. The molecule has 0 unspecified atom stereocenters. The van der Waals surface area contributed by atoms with E-state index >= 15 is 0 Å². The lowest BCUT2D eigenvalue weighted by Gasteiger charge is -2.09. The molecule has 1 aromatic heterocycles. The van der Waals surface area contributed by atoms with Gasteiger partial charge >= 0.3 is 5.97 Å². The topological polar surface area (TPSA) is 86.5 Å². The molecule has 0 bridgehead atoms. The number of methoxy groups -OCH3 is 1. The molecule has 0 spiro atoms. The van der Waals surface area contributed by atoms with Gasteiger partial charge in [0.2, 0.25) is 0 Å². The van der Waals surface area contributed by atoms with Crippen LogP contribution in [0.3, 0.4) is 0 Å². The maximum Gasteiger partial charge on any atom is 0.313 e. The third kappa shape index (κ3) is 6.92. The molecule has 7 nitrogen and oxygen atoms in total. The molecule has 0 amide bonds. The van der Waals surface area contributed by atoms with Crippen molar-refractivity contribution >= 4 is 17.7 Å². The van der Waals surface area contributed by atoms with Crippen LogP contribution in [0.15, 0.2) is 5.16 Å². The van der Waals surface area contributed by atoms with E-state index in [-0.39, 0.29) is 5.75 Å². The number of unbranched alkanes of at least 4 members (excludes halogenated alkanes) is 1. The molecule has 0 saturated carbocycles. The van der Waals surface area contributed by atoms with Crippen LogP contribution in [0.25, 0.3) is 0 Å². The van der Waals surface area contributed by atoms with Crippen LogP contribution in [-0.4, -0.2) is 58.5 Å². The van der Waals surface area contributed by atoms with Crippen LogP contribution >= 0.6 is 11.8 Å². The monoisotopic (exact) mass is 317 g/mol. The van der Waals surface area contributed by atoms with Gasteiger partial charge < -0.3 is 19.1 Å². The van der Waals surface area contributed by atoms with E-state index in [1.165, 1.54) is 11.8 Å². The molecule has 120 valence electrons. The largest absolute Gasteiger partial charge is 0.481 e. The lowest BCUT2D eigenvalue weighted by atomic mass is 10.3. The van der Waals surface area contributed by atoms with Gasteiger partial charge in [-0.25, -0.2) is 0 Å². The Kier molecular flexibility index (Phi) is 9.04. The van der Waals surface area contributed by atoms with E-state index in [0.29, 0.717) is 25.0 Å². The van der Waals surface area contributed by atoms with Crippen LogP contribution < -0.4 is 0 Å². The molecular formula is C13H23N3O4S. The van der Waals surface area contributed by atoms with E-state index in [0.717, 1.165) is 31.6 Å². The Balaban J connectivity index is 2.37. The van der Waals surface area contributed by atoms with Crippen molar-refractivity contribution in [1.82, 2.24) is 14.8 Å². The number of rotatable bonds is 12. The molecule has 0 radical (unpaired) electrons. The second kappa shape index (κ2) is 10.6. The predicted molar refractivity (Wildman–Crippen MR) is 79.7 cm³/mol. The average molecular weight is 317 g/mol. The van der Waals surface area contributed by atoms with E-state index in [1.807, 2.05) is 11.5 Å². The number of thioether (sulfide) groups is 1. The van der Waals surface area contributed by atoms with E-state index in [1.54, 1.807) is 7.11 Å². The fourth-order valence-corrected chi connectivity index (χ4v) is 2.46. The standard InChI is InChI=1S/C13H23N3O4S/c1-3-11-14-15-13(21-10-12(17)18)16(11)6-4-5-7-20-9-8-19-2/h3-10H2,1-2H3,(H,17,18). The van der Waals surface area contributed by atoms with E-state index in [9.17, 15) is 4.79 Å². The van der Waals surface area contributed by atoms with Gasteiger partial charge in [-0.3, -0.25) is 4.79 Å². The van der Waals surface area contributed by atoms with E-state index < -0.39 is 5.97 Å². The minimum absolute atomic E-state index is 0.00196. The highest BCUT2D eigenvalue weighted by Crippen LogP contribution is 2.18. The lowest BCUT2D eigenvalue weighted by molar-refractivity contribution is -0.133. The molecule has 1 aromatic rings. The van der Waals surface area contributed by atoms with Gasteiger partial charge in [-0.15, -0.1) is 10.2 Å². The van der Waals surface area contributed by atoms with E-state index in [2.05, 4.69) is 10.2 Å². The van der Waals surface area contributed by atoms with Gasteiger partial charge in [0.15, 0.2) is 5.16 Å². The summed E-state index contributed by atoms with van der Waals surface area (Å²) in [6.45, 7) is 4.72. The Hall–Kier alpha value is -1.12. The zero-order valence-corrected chi connectivity index (χ0v) is 13.4. The SMILES string of the molecule is CCc1nnc(SCC(=O)O)n1CCCCOCCOC. The number of hydrogen-bond acceptors (Lipinski definition) is 6. The molecule has 0 aliphatic rings. The van der Waals surface area contributed by atoms with Crippen LogP contribution in [-0.2, 0) is 27.2 Å². The van der Waals surface area contributed by atoms with Crippen molar-refractivity contribution in [3.8, 4) is 0 Å². The summed E-state index contributed by atoms with van der Waals surface area (Å²) >= 11 is 1.21. The Morgan fingerprint density at radius 3 is 2.76 bits per heavy atom. The minimum Gasteiger partial charge on any atom is -0.481 e. The first-order valence-corrected chi connectivity index (χ1v) is 8.01. The average Bonchev–Trinajstić information content (AvgIpc) is 2.86. The van der Waals surface area contributed by atoms with Crippen LogP contribution in [0, 0.1) is 0 Å². The maximum atomic E-state index is 10.6. The van der Waals surface area contributed by atoms with Gasteiger partial charge in [0.05, 0.1) is 19.0 Å². The molecule has 8 heteroatoms. The molecular weight excluding hydrogens is 294 g/mol. The van der Waals surface area contributed by atoms with Crippen LogP contribution in [0.5, 0.6) is 0 Å². The van der Waals surface area contributed by atoms with Crippen LogP contribution in [0.1, 0.15) is 25.6 Å². The smallest absolute Gasteiger partial charge is 0.313 e. The minimum atomic E-state index is -0.848. The number of aryl methyl sites for hydroxylation is 1. The van der Waals surface area contributed by atoms with Gasteiger partial charge in [0, 0.05) is 26.7 Å². The summed E-state index contributed by atoms with van der Waals surface area (Å²) in [7, 11) is 1.65. The Morgan fingerprint density at radius 2 is 2.10 bits per heavy atom. The third-order valence-electron chi connectivity index (χ3n) is 2.79. The highest BCUT2D eigenvalue weighted by molar-refractivity contribution is 7.99. The molecule has 0 fully saturated rings. The molecule has 0 aromatic carbocycles. The number of hydrogen-bond donors (Lipinski definition) is 1. The number of carboxylic acids is 1. The maximum absolute atomic E-state index is 10.6. The Bertz CT molecular complexity index is 426. The molecule has 0 aliphatic carbocycles. The normalized spacial score (nSPS) is 11.0. The fraction of sp³-hybridized carbons (Fsp3) is 0.769. The molecule has 21 heavy (non-hydrogen) atoms. The summed E-state index contributed by atoms with van der Waals surface area (Å²) in [6, 6.07) is 0.